The van der Waals surface area contributed by atoms with E-state index in [-0.39, 0.29) is 0 Å². The molecule has 0 saturated heterocycles. The minimum absolute atomic E-state index is 1.14. The number of hydrogen-bond acceptors (Lipinski definition) is 2. The second-order valence-electron chi connectivity index (χ2n) is 4.59. The van der Waals surface area contributed by atoms with Crippen LogP contribution >= 0.6 is 0 Å². The second-order valence-corrected chi connectivity index (χ2v) is 4.59. The largest absolute Gasteiger partial charge is 0.324 e. The first-order valence-electron chi connectivity index (χ1n) is 7.50. The third kappa shape index (κ3) is 4.81. The standard InChI is InChI=1S/2C9H8N2.C2H4/c2*1-2-8-11(7-1)9-3-5-10-6-4-9;1-2/h2*1-8H;1-2H2. The zero-order valence-corrected chi connectivity index (χ0v) is 13.4. The Morgan fingerprint density at radius 1 is 0.542 bits per heavy atom. The molecule has 24 heavy (non-hydrogen) atoms. The lowest BCUT2D eigenvalue weighted by atomic mass is 10.4. The minimum atomic E-state index is 1.14. The molecule has 0 bridgehead atoms. The first-order valence-corrected chi connectivity index (χ1v) is 7.50. The third-order valence-corrected chi connectivity index (χ3v) is 3.13. The third-order valence-electron chi connectivity index (χ3n) is 3.13. The lowest BCUT2D eigenvalue weighted by Crippen LogP contribution is -1.87. The highest BCUT2D eigenvalue weighted by molar-refractivity contribution is 5.30. The maximum Gasteiger partial charge on any atom is 0.0479 e. The molecule has 0 atom stereocenters. The lowest BCUT2D eigenvalue weighted by Gasteiger charge is -1.99. The van der Waals surface area contributed by atoms with Gasteiger partial charge >= 0.3 is 0 Å². The van der Waals surface area contributed by atoms with Gasteiger partial charge in [0, 0.05) is 60.9 Å². The van der Waals surface area contributed by atoms with Crippen molar-refractivity contribution in [3.8, 4) is 11.4 Å². The van der Waals surface area contributed by atoms with Crippen molar-refractivity contribution < 1.29 is 0 Å². The second kappa shape index (κ2) is 9.58. The van der Waals surface area contributed by atoms with Crippen LogP contribution in [0.1, 0.15) is 0 Å². The van der Waals surface area contributed by atoms with Gasteiger partial charge < -0.3 is 9.13 Å². The molecule has 4 aromatic heterocycles. The summed E-state index contributed by atoms with van der Waals surface area (Å²) < 4.78 is 4.09. The minimum Gasteiger partial charge on any atom is -0.324 e. The topological polar surface area (TPSA) is 35.6 Å². The van der Waals surface area contributed by atoms with E-state index >= 15 is 0 Å². The molecule has 0 aliphatic rings. The molecule has 4 heterocycles. The van der Waals surface area contributed by atoms with Crippen LogP contribution in [0, 0.1) is 0 Å². The molecule has 0 aromatic carbocycles. The summed E-state index contributed by atoms with van der Waals surface area (Å²) in [5, 5.41) is 0. The van der Waals surface area contributed by atoms with Crippen molar-refractivity contribution in [1.29, 1.82) is 0 Å². The van der Waals surface area contributed by atoms with Gasteiger partial charge in [0.1, 0.15) is 0 Å². The zero-order chi connectivity index (χ0) is 17.0. The molecule has 0 aliphatic heterocycles. The molecule has 4 rings (SSSR count). The number of pyridine rings is 2. The van der Waals surface area contributed by atoms with Gasteiger partial charge in [-0.2, -0.15) is 0 Å². The molecular formula is C20H20N4. The highest BCUT2D eigenvalue weighted by Gasteiger charge is 1.90. The Morgan fingerprint density at radius 3 is 1.12 bits per heavy atom. The SMILES string of the molecule is C=C.c1ccn(-c2ccncc2)c1.c1ccn(-c2ccncc2)c1. The Hall–Kier alpha value is -3.40. The summed E-state index contributed by atoms with van der Waals surface area (Å²) in [5.41, 5.74) is 2.29. The van der Waals surface area contributed by atoms with Crippen LogP contribution in [0.5, 0.6) is 0 Å². The summed E-state index contributed by atoms with van der Waals surface area (Å²) in [5.74, 6) is 0. The molecule has 0 saturated carbocycles. The average Bonchev–Trinajstić information content (AvgIpc) is 3.39. The van der Waals surface area contributed by atoms with Crippen LogP contribution in [0.25, 0.3) is 11.4 Å². The lowest BCUT2D eigenvalue weighted by molar-refractivity contribution is 1.07. The fourth-order valence-electron chi connectivity index (χ4n) is 2.05. The van der Waals surface area contributed by atoms with Gasteiger partial charge in [0.15, 0.2) is 0 Å². The summed E-state index contributed by atoms with van der Waals surface area (Å²) >= 11 is 0. The zero-order valence-electron chi connectivity index (χ0n) is 13.4. The summed E-state index contributed by atoms with van der Waals surface area (Å²) in [4.78, 5) is 7.88. The highest BCUT2D eigenvalue weighted by atomic mass is 14.9. The molecular weight excluding hydrogens is 296 g/mol. The fraction of sp³-hybridized carbons (Fsp3) is 0. The van der Waals surface area contributed by atoms with Crippen LogP contribution in [0.3, 0.4) is 0 Å². The Morgan fingerprint density at radius 2 is 0.833 bits per heavy atom. The van der Waals surface area contributed by atoms with E-state index in [1.807, 2.05) is 82.5 Å². The molecule has 0 N–H and O–H groups in total. The average molecular weight is 316 g/mol. The van der Waals surface area contributed by atoms with Crippen molar-refractivity contribution in [1.82, 2.24) is 19.1 Å². The molecule has 0 unspecified atom stereocenters. The van der Waals surface area contributed by atoms with Gasteiger partial charge in [0.2, 0.25) is 0 Å². The smallest absolute Gasteiger partial charge is 0.0479 e. The number of hydrogen-bond donors (Lipinski definition) is 0. The monoisotopic (exact) mass is 316 g/mol. The molecule has 120 valence electrons. The van der Waals surface area contributed by atoms with E-state index in [0.29, 0.717) is 0 Å². The number of nitrogens with zero attached hydrogens (tertiary/aromatic N) is 4. The molecule has 4 heteroatoms. The first-order chi connectivity index (χ1) is 11.9. The predicted octanol–water partition coefficient (Wildman–Crippen LogP) is 4.55. The van der Waals surface area contributed by atoms with E-state index in [9.17, 15) is 0 Å². The van der Waals surface area contributed by atoms with Crippen molar-refractivity contribution in [2.24, 2.45) is 0 Å². The van der Waals surface area contributed by atoms with Crippen LogP contribution in [0.15, 0.2) is 111 Å². The molecule has 0 radical (unpaired) electrons. The van der Waals surface area contributed by atoms with Gasteiger partial charge in [-0.3, -0.25) is 9.97 Å². The van der Waals surface area contributed by atoms with Gasteiger partial charge in [0.05, 0.1) is 0 Å². The quantitative estimate of drug-likeness (QED) is 0.509. The Labute approximate surface area is 142 Å². The maximum atomic E-state index is 3.94. The Bertz CT molecular complexity index is 707. The van der Waals surface area contributed by atoms with Gasteiger partial charge in [-0.05, 0) is 48.5 Å². The van der Waals surface area contributed by atoms with E-state index < -0.39 is 0 Å². The van der Waals surface area contributed by atoms with Gasteiger partial charge in [0.25, 0.3) is 0 Å². The van der Waals surface area contributed by atoms with Crippen molar-refractivity contribution in [2.75, 3.05) is 0 Å². The first kappa shape index (κ1) is 17.0. The predicted molar refractivity (Wildman–Crippen MR) is 98.4 cm³/mol. The molecule has 0 aliphatic carbocycles. The number of rotatable bonds is 2. The molecule has 0 amide bonds. The van der Waals surface area contributed by atoms with E-state index in [1.54, 1.807) is 24.8 Å². The van der Waals surface area contributed by atoms with Gasteiger partial charge in [-0.15, -0.1) is 13.2 Å². The summed E-state index contributed by atoms with van der Waals surface area (Å²) in [6, 6.07) is 15.9. The van der Waals surface area contributed by atoms with E-state index in [0.717, 1.165) is 11.4 Å². The fourth-order valence-corrected chi connectivity index (χ4v) is 2.05. The van der Waals surface area contributed by atoms with Crippen molar-refractivity contribution in [2.45, 2.75) is 0 Å². The van der Waals surface area contributed by atoms with Crippen LogP contribution in [-0.2, 0) is 0 Å². The van der Waals surface area contributed by atoms with Crippen LogP contribution in [-0.4, -0.2) is 19.1 Å². The molecule has 0 fully saturated rings. The highest BCUT2D eigenvalue weighted by Crippen LogP contribution is 2.05. The summed E-state index contributed by atoms with van der Waals surface area (Å²) in [6.07, 6.45) is 15.2. The normalized spacial score (nSPS) is 9.17. The molecule has 0 spiro atoms. The molecule has 4 aromatic rings. The molecule has 4 nitrogen and oxygen atoms in total. The van der Waals surface area contributed by atoms with Crippen LogP contribution < -0.4 is 0 Å². The summed E-state index contributed by atoms with van der Waals surface area (Å²) in [6.45, 7) is 6.00. The van der Waals surface area contributed by atoms with Gasteiger partial charge in [-0.25, -0.2) is 0 Å². The van der Waals surface area contributed by atoms with Crippen LogP contribution in [0.4, 0.5) is 0 Å². The maximum absolute atomic E-state index is 3.94. The van der Waals surface area contributed by atoms with E-state index in [1.165, 1.54) is 0 Å². The van der Waals surface area contributed by atoms with Crippen molar-refractivity contribution in [3.63, 3.8) is 0 Å². The summed E-state index contributed by atoms with van der Waals surface area (Å²) in [7, 11) is 0. The Kier molecular flexibility index (Phi) is 6.77. The van der Waals surface area contributed by atoms with Crippen LogP contribution in [0.2, 0.25) is 0 Å². The van der Waals surface area contributed by atoms with E-state index in [2.05, 4.69) is 23.1 Å². The van der Waals surface area contributed by atoms with Crippen molar-refractivity contribution >= 4 is 0 Å². The number of aromatic nitrogens is 4. The Balaban J connectivity index is 0.000000158. The van der Waals surface area contributed by atoms with Crippen molar-refractivity contribution in [3.05, 3.63) is 111 Å². The van der Waals surface area contributed by atoms with E-state index in [4.69, 9.17) is 0 Å². The van der Waals surface area contributed by atoms with Gasteiger partial charge in [-0.1, -0.05) is 0 Å².